The highest BCUT2D eigenvalue weighted by Crippen LogP contribution is 2.22. The third-order valence-electron chi connectivity index (χ3n) is 3.19. The molecule has 1 N–H and O–H groups in total. The molecule has 2 rings (SSSR count). The Hall–Kier alpha value is -1.87. The van der Waals surface area contributed by atoms with Gasteiger partial charge in [0.05, 0.1) is 12.8 Å². The number of hydrogen-bond acceptors (Lipinski definition) is 3. The van der Waals surface area contributed by atoms with Crippen LogP contribution in [0.5, 0.6) is 5.75 Å². The zero-order valence-corrected chi connectivity index (χ0v) is 11.3. The Morgan fingerprint density at radius 1 is 1.26 bits per heavy atom. The predicted molar refractivity (Wildman–Crippen MR) is 75.3 cm³/mol. The molecule has 1 aromatic carbocycles. The largest absolute Gasteiger partial charge is 0.497 e. The molecular formula is C16H19NO2. The number of aromatic nitrogens is 1. The van der Waals surface area contributed by atoms with Crippen LogP contribution in [0, 0.1) is 0 Å². The topological polar surface area (TPSA) is 42.4 Å². The van der Waals surface area contributed by atoms with Gasteiger partial charge in [0.1, 0.15) is 11.9 Å². The Morgan fingerprint density at radius 2 is 2.11 bits per heavy atom. The summed E-state index contributed by atoms with van der Waals surface area (Å²) in [4.78, 5) is 4.31. The van der Waals surface area contributed by atoms with Crippen LogP contribution < -0.4 is 4.74 Å². The zero-order chi connectivity index (χ0) is 13.7. The zero-order valence-electron chi connectivity index (χ0n) is 11.3. The molecule has 0 bridgehead atoms. The molecule has 0 saturated carbocycles. The van der Waals surface area contributed by atoms with E-state index in [-0.39, 0.29) is 0 Å². The van der Waals surface area contributed by atoms with Crippen LogP contribution in [0.4, 0.5) is 0 Å². The lowest BCUT2D eigenvalue weighted by Gasteiger charge is -2.14. The minimum atomic E-state index is -0.580. The van der Waals surface area contributed by atoms with E-state index in [0.717, 1.165) is 29.0 Å². The van der Waals surface area contributed by atoms with Gasteiger partial charge >= 0.3 is 0 Å². The van der Waals surface area contributed by atoms with Crippen molar-refractivity contribution < 1.29 is 9.84 Å². The molecule has 1 heterocycles. The second-order valence-corrected chi connectivity index (χ2v) is 4.47. The van der Waals surface area contributed by atoms with Crippen molar-refractivity contribution in [2.24, 2.45) is 0 Å². The average molecular weight is 257 g/mol. The predicted octanol–water partition coefficient (Wildman–Crippen LogP) is 2.93. The minimum absolute atomic E-state index is 0.543. The summed E-state index contributed by atoms with van der Waals surface area (Å²) >= 11 is 0. The van der Waals surface area contributed by atoms with Gasteiger partial charge in [-0.05, 0) is 35.7 Å². The van der Waals surface area contributed by atoms with Gasteiger partial charge in [-0.1, -0.05) is 25.1 Å². The molecule has 100 valence electrons. The van der Waals surface area contributed by atoms with Crippen molar-refractivity contribution >= 4 is 0 Å². The molecule has 1 unspecified atom stereocenters. The normalized spacial score (nSPS) is 12.2. The molecular weight excluding hydrogens is 238 g/mol. The van der Waals surface area contributed by atoms with E-state index in [0.29, 0.717) is 6.42 Å². The van der Waals surface area contributed by atoms with E-state index >= 15 is 0 Å². The van der Waals surface area contributed by atoms with E-state index in [1.54, 1.807) is 13.3 Å². The highest BCUT2D eigenvalue weighted by molar-refractivity contribution is 5.30. The summed E-state index contributed by atoms with van der Waals surface area (Å²) in [6.07, 6.45) is 2.56. The molecule has 0 aliphatic rings. The van der Waals surface area contributed by atoms with Crippen molar-refractivity contribution in [1.82, 2.24) is 4.98 Å². The average Bonchev–Trinajstić information content (AvgIpc) is 2.47. The molecule has 3 nitrogen and oxygen atoms in total. The van der Waals surface area contributed by atoms with Gasteiger partial charge in [0, 0.05) is 12.6 Å². The molecule has 0 amide bonds. The van der Waals surface area contributed by atoms with E-state index in [9.17, 15) is 5.11 Å². The standard InChI is InChI=1S/C16H19NO2/c1-3-13-7-5-9-17-16(13)15(18)11-12-6-4-8-14(10-12)19-2/h4-10,15,18H,3,11H2,1-2H3. The summed E-state index contributed by atoms with van der Waals surface area (Å²) in [5.41, 5.74) is 2.91. The number of pyridine rings is 1. The van der Waals surface area contributed by atoms with Crippen LogP contribution in [0.3, 0.4) is 0 Å². The van der Waals surface area contributed by atoms with Crippen molar-refractivity contribution in [2.75, 3.05) is 7.11 Å². The van der Waals surface area contributed by atoms with Gasteiger partial charge in [-0.3, -0.25) is 4.98 Å². The van der Waals surface area contributed by atoms with Crippen molar-refractivity contribution in [2.45, 2.75) is 25.9 Å². The first kappa shape index (κ1) is 13.6. The molecule has 0 fully saturated rings. The summed E-state index contributed by atoms with van der Waals surface area (Å²) < 4.78 is 5.19. The van der Waals surface area contributed by atoms with E-state index in [1.807, 2.05) is 36.4 Å². The molecule has 0 spiro atoms. The van der Waals surface area contributed by atoms with Gasteiger partial charge in [-0.25, -0.2) is 0 Å². The van der Waals surface area contributed by atoms with Crippen LogP contribution in [-0.4, -0.2) is 17.2 Å². The second-order valence-electron chi connectivity index (χ2n) is 4.47. The molecule has 19 heavy (non-hydrogen) atoms. The molecule has 0 saturated heterocycles. The van der Waals surface area contributed by atoms with E-state index in [4.69, 9.17) is 4.74 Å². The quantitative estimate of drug-likeness (QED) is 0.895. The fourth-order valence-electron chi connectivity index (χ4n) is 2.17. The molecule has 1 atom stereocenters. The SMILES string of the molecule is CCc1cccnc1C(O)Cc1cccc(OC)c1. The molecule has 0 radical (unpaired) electrons. The summed E-state index contributed by atoms with van der Waals surface area (Å²) in [6.45, 7) is 2.07. The van der Waals surface area contributed by atoms with Gasteiger partial charge in [0.2, 0.25) is 0 Å². The van der Waals surface area contributed by atoms with Gasteiger partial charge in [0.25, 0.3) is 0 Å². The number of aliphatic hydroxyl groups is 1. The number of nitrogens with zero attached hydrogens (tertiary/aromatic N) is 1. The molecule has 0 aliphatic carbocycles. The Labute approximate surface area is 113 Å². The lowest BCUT2D eigenvalue weighted by molar-refractivity contribution is 0.172. The first-order valence-corrected chi connectivity index (χ1v) is 6.49. The number of ether oxygens (including phenoxy) is 1. The Morgan fingerprint density at radius 3 is 2.84 bits per heavy atom. The summed E-state index contributed by atoms with van der Waals surface area (Å²) in [5.74, 6) is 0.807. The Balaban J connectivity index is 2.18. The van der Waals surface area contributed by atoms with E-state index in [1.165, 1.54) is 0 Å². The van der Waals surface area contributed by atoms with Crippen LogP contribution in [0.2, 0.25) is 0 Å². The molecule has 2 aromatic rings. The van der Waals surface area contributed by atoms with Gasteiger partial charge in [-0.15, -0.1) is 0 Å². The number of methoxy groups -OCH3 is 1. The molecule has 0 aliphatic heterocycles. The fourth-order valence-corrected chi connectivity index (χ4v) is 2.17. The summed E-state index contributed by atoms with van der Waals surface area (Å²) in [5, 5.41) is 10.3. The van der Waals surface area contributed by atoms with Gasteiger partial charge in [-0.2, -0.15) is 0 Å². The number of benzene rings is 1. The third kappa shape index (κ3) is 3.32. The van der Waals surface area contributed by atoms with Crippen LogP contribution in [0.1, 0.15) is 29.8 Å². The molecule has 1 aromatic heterocycles. The number of aliphatic hydroxyl groups excluding tert-OH is 1. The van der Waals surface area contributed by atoms with Crippen molar-refractivity contribution in [3.63, 3.8) is 0 Å². The lowest BCUT2D eigenvalue weighted by atomic mass is 10.0. The highest BCUT2D eigenvalue weighted by atomic mass is 16.5. The van der Waals surface area contributed by atoms with Gasteiger partial charge < -0.3 is 9.84 Å². The maximum absolute atomic E-state index is 10.3. The van der Waals surface area contributed by atoms with E-state index < -0.39 is 6.10 Å². The highest BCUT2D eigenvalue weighted by Gasteiger charge is 2.13. The van der Waals surface area contributed by atoms with Crippen LogP contribution in [0.15, 0.2) is 42.6 Å². The number of hydrogen-bond donors (Lipinski definition) is 1. The second kappa shape index (κ2) is 6.34. The lowest BCUT2D eigenvalue weighted by Crippen LogP contribution is -2.07. The minimum Gasteiger partial charge on any atom is -0.497 e. The fraction of sp³-hybridized carbons (Fsp3) is 0.312. The first-order valence-electron chi connectivity index (χ1n) is 6.49. The van der Waals surface area contributed by atoms with Crippen LogP contribution in [0.25, 0.3) is 0 Å². The summed E-state index contributed by atoms with van der Waals surface area (Å²) in [6, 6.07) is 11.7. The van der Waals surface area contributed by atoms with Crippen molar-refractivity contribution in [3.05, 3.63) is 59.4 Å². The van der Waals surface area contributed by atoms with Crippen molar-refractivity contribution in [1.29, 1.82) is 0 Å². The monoisotopic (exact) mass is 257 g/mol. The van der Waals surface area contributed by atoms with Crippen LogP contribution in [-0.2, 0) is 12.8 Å². The van der Waals surface area contributed by atoms with Crippen LogP contribution >= 0.6 is 0 Å². The maximum Gasteiger partial charge on any atom is 0.119 e. The third-order valence-corrected chi connectivity index (χ3v) is 3.19. The molecule has 3 heteroatoms. The first-order chi connectivity index (χ1) is 9.24. The van der Waals surface area contributed by atoms with Crippen molar-refractivity contribution in [3.8, 4) is 5.75 Å². The summed E-state index contributed by atoms with van der Waals surface area (Å²) in [7, 11) is 1.64. The Bertz CT molecular complexity index is 540. The number of rotatable bonds is 5. The van der Waals surface area contributed by atoms with Gasteiger partial charge in [0.15, 0.2) is 0 Å². The maximum atomic E-state index is 10.3. The van der Waals surface area contributed by atoms with E-state index in [2.05, 4.69) is 11.9 Å². The Kier molecular flexibility index (Phi) is 4.53. The smallest absolute Gasteiger partial charge is 0.119 e. The number of aryl methyl sites for hydroxylation is 1.